The number of urea groups is 1. The maximum Gasteiger partial charge on any atom is 0.337 e. The Morgan fingerprint density at radius 3 is 2.50 bits per heavy atom. The van der Waals surface area contributed by atoms with Crippen LogP contribution < -0.4 is 10.6 Å². The van der Waals surface area contributed by atoms with Crippen LogP contribution >= 0.6 is 0 Å². The van der Waals surface area contributed by atoms with Crippen LogP contribution in [0.5, 0.6) is 0 Å². The smallest absolute Gasteiger partial charge is 0.337 e. The molecule has 0 fully saturated rings. The Hall–Kier alpha value is -2.64. The zero-order chi connectivity index (χ0) is 15.3. The summed E-state index contributed by atoms with van der Waals surface area (Å²) >= 11 is 0. The van der Waals surface area contributed by atoms with Crippen LogP contribution in [0.1, 0.15) is 10.4 Å². The molecule has 0 radical (unpaired) electrons. The molecular weight excluding hydrogens is 269 g/mol. The van der Waals surface area contributed by atoms with Crippen molar-refractivity contribution >= 4 is 23.6 Å². The fraction of sp³-hybridized carbons (Fsp3) is 0.250. The van der Waals surface area contributed by atoms with Crippen LogP contribution in [0.3, 0.4) is 0 Å². The monoisotopic (exact) mass is 283 g/mol. The van der Waals surface area contributed by atoms with Crippen LogP contribution in [0.4, 0.5) is 14.9 Å². The lowest BCUT2D eigenvalue weighted by Gasteiger charge is -2.12. The first-order valence-corrected chi connectivity index (χ1v) is 5.59. The number of hydrogen-bond donors (Lipinski definition) is 3. The van der Waals surface area contributed by atoms with Gasteiger partial charge in [0.2, 0.25) is 5.91 Å². The molecule has 1 rings (SSSR count). The largest absolute Gasteiger partial charge is 0.478 e. The quantitative estimate of drug-likeness (QED) is 0.758. The molecule has 0 bridgehead atoms. The minimum absolute atomic E-state index is 0.0614. The van der Waals surface area contributed by atoms with Crippen molar-refractivity contribution in [1.29, 1.82) is 0 Å². The van der Waals surface area contributed by atoms with Crippen molar-refractivity contribution < 1.29 is 23.9 Å². The molecule has 20 heavy (non-hydrogen) atoms. The first-order valence-electron chi connectivity index (χ1n) is 5.59. The fourth-order valence-corrected chi connectivity index (χ4v) is 1.28. The second-order valence-electron chi connectivity index (χ2n) is 4.09. The highest BCUT2D eigenvalue weighted by Gasteiger charge is 2.14. The summed E-state index contributed by atoms with van der Waals surface area (Å²) in [5.74, 6) is -2.42. The van der Waals surface area contributed by atoms with Gasteiger partial charge < -0.3 is 20.6 Å². The van der Waals surface area contributed by atoms with Crippen molar-refractivity contribution in [1.82, 2.24) is 10.2 Å². The molecule has 0 saturated heterocycles. The number of halogens is 1. The summed E-state index contributed by atoms with van der Waals surface area (Å²) in [6.07, 6.45) is 0. The first-order chi connectivity index (χ1) is 9.31. The summed E-state index contributed by atoms with van der Waals surface area (Å²) in [7, 11) is 3.06. The number of carboxylic acid groups (broad SMARTS) is 1. The van der Waals surface area contributed by atoms with E-state index in [0.29, 0.717) is 0 Å². The summed E-state index contributed by atoms with van der Waals surface area (Å²) in [6.45, 7) is -0.234. The number of carboxylic acids is 1. The molecule has 8 heteroatoms. The fourth-order valence-electron chi connectivity index (χ4n) is 1.28. The van der Waals surface area contributed by atoms with Crippen molar-refractivity contribution in [2.45, 2.75) is 0 Å². The number of benzene rings is 1. The Kier molecular flexibility index (Phi) is 5.01. The molecule has 0 spiro atoms. The van der Waals surface area contributed by atoms with E-state index in [1.807, 2.05) is 0 Å². The number of nitrogens with zero attached hydrogens (tertiary/aromatic N) is 1. The van der Waals surface area contributed by atoms with E-state index in [4.69, 9.17) is 5.11 Å². The summed E-state index contributed by atoms with van der Waals surface area (Å²) in [6, 6.07) is 2.19. The molecule has 0 aliphatic carbocycles. The molecule has 0 saturated carbocycles. The average Bonchev–Trinajstić information content (AvgIpc) is 2.37. The number of carbonyl (C=O) groups is 3. The van der Waals surface area contributed by atoms with Gasteiger partial charge in [-0.1, -0.05) is 0 Å². The number of hydrogen-bond acceptors (Lipinski definition) is 3. The van der Waals surface area contributed by atoms with Gasteiger partial charge in [0.1, 0.15) is 5.82 Å². The molecule has 0 atom stereocenters. The molecule has 0 heterocycles. The molecule has 3 amide bonds. The summed E-state index contributed by atoms with van der Waals surface area (Å²) in [5, 5.41) is 13.4. The highest BCUT2D eigenvalue weighted by Crippen LogP contribution is 2.16. The lowest BCUT2D eigenvalue weighted by Crippen LogP contribution is -2.38. The van der Waals surface area contributed by atoms with E-state index in [2.05, 4.69) is 10.6 Å². The van der Waals surface area contributed by atoms with Gasteiger partial charge in [-0.25, -0.2) is 14.0 Å². The molecule has 0 aromatic heterocycles. The van der Waals surface area contributed by atoms with Gasteiger partial charge in [-0.15, -0.1) is 0 Å². The second-order valence-corrected chi connectivity index (χ2v) is 4.09. The van der Waals surface area contributed by atoms with Gasteiger partial charge in [0.05, 0.1) is 17.8 Å². The lowest BCUT2D eigenvalue weighted by molar-refractivity contribution is -0.127. The van der Waals surface area contributed by atoms with Gasteiger partial charge >= 0.3 is 12.0 Å². The zero-order valence-corrected chi connectivity index (χ0v) is 10.9. The van der Waals surface area contributed by atoms with E-state index >= 15 is 0 Å². The molecule has 0 aliphatic rings. The Morgan fingerprint density at radius 1 is 1.30 bits per heavy atom. The number of nitrogens with one attached hydrogen (secondary N) is 2. The SMILES string of the molecule is CN(C)C(=O)CNC(=O)Nc1ccc(F)cc1C(=O)O. The number of amides is 3. The maximum atomic E-state index is 12.9. The molecule has 3 N–H and O–H groups in total. The van der Waals surface area contributed by atoms with Gasteiger partial charge in [0.15, 0.2) is 0 Å². The van der Waals surface area contributed by atoms with Gasteiger partial charge in [-0.05, 0) is 18.2 Å². The maximum absolute atomic E-state index is 12.9. The number of rotatable bonds is 4. The summed E-state index contributed by atoms with van der Waals surface area (Å²) in [4.78, 5) is 35.0. The minimum Gasteiger partial charge on any atom is -0.478 e. The van der Waals surface area contributed by atoms with E-state index in [-0.39, 0.29) is 23.7 Å². The number of anilines is 1. The van der Waals surface area contributed by atoms with Gasteiger partial charge in [-0.2, -0.15) is 0 Å². The van der Waals surface area contributed by atoms with E-state index in [0.717, 1.165) is 18.2 Å². The van der Waals surface area contributed by atoms with Crippen molar-refractivity contribution in [2.24, 2.45) is 0 Å². The minimum atomic E-state index is -1.37. The van der Waals surface area contributed by atoms with Crippen LogP contribution in [0.25, 0.3) is 0 Å². The Bertz CT molecular complexity index is 546. The van der Waals surface area contributed by atoms with Crippen LogP contribution in [0, 0.1) is 5.82 Å². The summed E-state index contributed by atoms with van der Waals surface area (Å²) in [5.41, 5.74) is -0.437. The molecule has 0 unspecified atom stereocenters. The van der Waals surface area contributed by atoms with E-state index < -0.39 is 17.8 Å². The van der Waals surface area contributed by atoms with E-state index in [1.165, 1.54) is 19.0 Å². The topological polar surface area (TPSA) is 98.7 Å². The van der Waals surface area contributed by atoms with Crippen LogP contribution in [0.2, 0.25) is 0 Å². The predicted octanol–water partition coefficient (Wildman–Crippen LogP) is 0.734. The normalized spacial score (nSPS) is 9.75. The number of aromatic carboxylic acids is 1. The number of carbonyl (C=O) groups excluding carboxylic acids is 2. The third kappa shape index (κ3) is 4.23. The third-order valence-corrected chi connectivity index (χ3v) is 2.36. The standard InChI is InChI=1S/C12H14FN3O4/c1-16(2)10(17)6-14-12(20)15-9-4-3-7(13)5-8(9)11(18)19/h3-5H,6H2,1-2H3,(H,18,19)(H2,14,15,20). The molecule has 7 nitrogen and oxygen atoms in total. The Labute approximate surface area is 114 Å². The van der Waals surface area contributed by atoms with Crippen molar-refractivity contribution in [3.8, 4) is 0 Å². The first kappa shape index (κ1) is 15.4. The second kappa shape index (κ2) is 6.50. The van der Waals surface area contributed by atoms with Crippen LogP contribution in [0.15, 0.2) is 18.2 Å². The van der Waals surface area contributed by atoms with Crippen molar-refractivity contribution in [3.63, 3.8) is 0 Å². The van der Waals surface area contributed by atoms with Gasteiger partial charge in [0, 0.05) is 14.1 Å². The third-order valence-electron chi connectivity index (χ3n) is 2.36. The van der Waals surface area contributed by atoms with Crippen molar-refractivity contribution in [2.75, 3.05) is 26.0 Å². The molecule has 0 aliphatic heterocycles. The summed E-state index contributed by atoms with van der Waals surface area (Å²) < 4.78 is 12.9. The van der Waals surface area contributed by atoms with Crippen LogP contribution in [-0.4, -0.2) is 48.6 Å². The van der Waals surface area contributed by atoms with E-state index in [1.54, 1.807) is 0 Å². The predicted molar refractivity (Wildman–Crippen MR) is 69.1 cm³/mol. The molecule has 1 aromatic carbocycles. The average molecular weight is 283 g/mol. The molecular formula is C12H14FN3O4. The Balaban J connectivity index is 2.71. The lowest BCUT2D eigenvalue weighted by atomic mass is 10.2. The van der Waals surface area contributed by atoms with Crippen molar-refractivity contribution in [3.05, 3.63) is 29.6 Å². The highest BCUT2D eigenvalue weighted by atomic mass is 19.1. The van der Waals surface area contributed by atoms with E-state index in [9.17, 15) is 18.8 Å². The number of likely N-dealkylation sites (N-methyl/N-ethyl adjacent to an activating group) is 1. The van der Waals surface area contributed by atoms with Gasteiger partial charge in [-0.3, -0.25) is 4.79 Å². The molecule has 1 aromatic rings. The molecule has 108 valence electrons. The highest BCUT2D eigenvalue weighted by molar-refractivity contribution is 6.00. The Morgan fingerprint density at radius 2 is 1.95 bits per heavy atom. The van der Waals surface area contributed by atoms with Crippen LogP contribution in [-0.2, 0) is 4.79 Å². The van der Waals surface area contributed by atoms with Gasteiger partial charge in [0.25, 0.3) is 0 Å². The zero-order valence-electron chi connectivity index (χ0n) is 10.9.